The van der Waals surface area contributed by atoms with Crippen LogP contribution in [0.3, 0.4) is 0 Å². The first-order valence-electron chi connectivity index (χ1n) is 6.42. The largest absolute Gasteiger partial charge is 0.388 e. The molecular weight excluding hydrogens is 242 g/mol. The van der Waals surface area contributed by atoms with E-state index in [-0.39, 0.29) is 5.41 Å². The van der Waals surface area contributed by atoms with Crippen molar-refractivity contribution in [1.29, 1.82) is 0 Å². The monoisotopic (exact) mass is 259 g/mol. The zero-order chi connectivity index (χ0) is 12.6. The highest BCUT2D eigenvalue weighted by molar-refractivity contribution is 7.11. The molecule has 0 bridgehead atoms. The lowest BCUT2D eigenvalue weighted by Gasteiger charge is -2.40. The van der Waals surface area contributed by atoms with E-state index in [0.29, 0.717) is 0 Å². The van der Waals surface area contributed by atoms with E-state index < -0.39 is 6.10 Å². The van der Waals surface area contributed by atoms with E-state index in [1.165, 1.54) is 24.8 Å². The lowest BCUT2D eigenvalue weighted by Crippen LogP contribution is -2.35. The summed E-state index contributed by atoms with van der Waals surface area (Å²) in [4.78, 5) is 5.53. The first-order chi connectivity index (χ1) is 8.72. The first-order valence-corrected chi connectivity index (χ1v) is 7.24. The van der Waals surface area contributed by atoms with Crippen LogP contribution in [0.15, 0.2) is 36.5 Å². The van der Waals surface area contributed by atoms with Crippen LogP contribution in [0.5, 0.6) is 0 Å². The SMILES string of the molecule is CC(O)c1cnc(C2(c3ccccc3)CCC2)s1. The van der Waals surface area contributed by atoms with Gasteiger partial charge in [0.1, 0.15) is 5.01 Å². The first kappa shape index (κ1) is 11.9. The van der Waals surface area contributed by atoms with E-state index in [1.807, 2.05) is 6.20 Å². The predicted molar refractivity (Wildman–Crippen MR) is 73.8 cm³/mol. The van der Waals surface area contributed by atoms with Crippen molar-refractivity contribution < 1.29 is 5.11 Å². The van der Waals surface area contributed by atoms with Crippen LogP contribution in [0, 0.1) is 0 Å². The number of hydrogen-bond acceptors (Lipinski definition) is 3. The normalized spacial score (nSPS) is 19.2. The lowest BCUT2D eigenvalue weighted by atomic mass is 9.65. The van der Waals surface area contributed by atoms with Crippen LogP contribution in [-0.2, 0) is 5.41 Å². The molecule has 18 heavy (non-hydrogen) atoms. The molecule has 0 amide bonds. The maximum Gasteiger partial charge on any atom is 0.103 e. The van der Waals surface area contributed by atoms with Crippen LogP contribution in [0.1, 0.15) is 47.7 Å². The second-order valence-corrected chi connectivity index (χ2v) is 6.11. The van der Waals surface area contributed by atoms with Crippen molar-refractivity contribution in [2.75, 3.05) is 0 Å². The van der Waals surface area contributed by atoms with E-state index in [1.54, 1.807) is 18.3 Å². The fourth-order valence-corrected chi connectivity index (χ4v) is 3.74. The third kappa shape index (κ3) is 1.78. The molecule has 1 aromatic carbocycles. The summed E-state index contributed by atoms with van der Waals surface area (Å²) in [5, 5.41) is 10.8. The van der Waals surface area contributed by atoms with Crippen molar-refractivity contribution in [3.05, 3.63) is 52.0 Å². The Bertz CT molecular complexity index is 528. The average molecular weight is 259 g/mol. The summed E-state index contributed by atoms with van der Waals surface area (Å²) < 4.78 is 0. The van der Waals surface area contributed by atoms with Gasteiger partial charge < -0.3 is 5.11 Å². The van der Waals surface area contributed by atoms with Crippen LogP contribution < -0.4 is 0 Å². The standard InChI is InChI=1S/C15H17NOS/c1-11(17)13-10-16-14(18-13)15(8-5-9-15)12-6-3-2-4-7-12/h2-4,6-7,10-11,17H,5,8-9H2,1H3. The van der Waals surface area contributed by atoms with Gasteiger partial charge >= 0.3 is 0 Å². The summed E-state index contributed by atoms with van der Waals surface area (Å²) in [6.45, 7) is 1.80. The highest BCUT2D eigenvalue weighted by Gasteiger charge is 2.42. The average Bonchev–Trinajstić information content (AvgIpc) is 2.79. The van der Waals surface area contributed by atoms with Crippen molar-refractivity contribution in [2.45, 2.75) is 37.7 Å². The van der Waals surface area contributed by atoms with Gasteiger partial charge in [-0.15, -0.1) is 11.3 Å². The fraction of sp³-hybridized carbons (Fsp3) is 0.400. The molecule has 3 heteroatoms. The Morgan fingerprint density at radius 2 is 2.00 bits per heavy atom. The Morgan fingerprint density at radius 1 is 1.28 bits per heavy atom. The van der Waals surface area contributed by atoms with Gasteiger partial charge in [-0.3, -0.25) is 0 Å². The minimum atomic E-state index is -0.413. The smallest absolute Gasteiger partial charge is 0.103 e. The fourth-order valence-electron chi connectivity index (χ4n) is 2.61. The van der Waals surface area contributed by atoms with Gasteiger partial charge in [0.05, 0.1) is 11.0 Å². The zero-order valence-corrected chi connectivity index (χ0v) is 11.3. The molecule has 1 aliphatic carbocycles. The molecule has 1 aliphatic rings. The summed E-state index contributed by atoms with van der Waals surface area (Å²) in [6, 6.07) is 10.6. The van der Waals surface area contributed by atoms with Gasteiger partial charge in [-0.25, -0.2) is 4.98 Å². The molecule has 2 aromatic rings. The summed E-state index contributed by atoms with van der Waals surface area (Å²) in [5.74, 6) is 0. The van der Waals surface area contributed by atoms with E-state index in [2.05, 4.69) is 35.3 Å². The molecule has 0 saturated heterocycles. The van der Waals surface area contributed by atoms with Gasteiger partial charge in [-0.1, -0.05) is 36.8 Å². The quantitative estimate of drug-likeness (QED) is 0.912. The second kappa shape index (κ2) is 4.48. The van der Waals surface area contributed by atoms with Crippen molar-refractivity contribution in [1.82, 2.24) is 4.98 Å². The Labute approximate surface area is 111 Å². The van der Waals surface area contributed by atoms with Gasteiger partial charge in [-0.2, -0.15) is 0 Å². The van der Waals surface area contributed by atoms with Crippen molar-refractivity contribution in [2.24, 2.45) is 0 Å². The highest BCUT2D eigenvalue weighted by atomic mass is 32.1. The third-order valence-corrected chi connectivity index (χ3v) is 5.25. The van der Waals surface area contributed by atoms with E-state index >= 15 is 0 Å². The molecule has 1 fully saturated rings. The number of thiazole rings is 1. The Morgan fingerprint density at radius 3 is 2.50 bits per heavy atom. The van der Waals surface area contributed by atoms with Crippen molar-refractivity contribution in [3.63, 3.8) is 0 Å². The summed E-state index contributed by atoms with van der Waals surface area (Å²) in [5.41, 5.74) is 1.47. The molecule has 94 valence electrons. The Hall–Kier alpha value is -1.19. The third-order valence-electron chi connectivity index (χ3n) is 3.88. The van der Waals surface area contributed by atoms with E-state index in [4.69, 9.17) is 0 Å². The van der Waals surface area contributed by atoms with Gasteiger partial charge in [-0.05, 0) is 25.3 Å². The number of nitrogens with zero attached hydrogens (tertiary/aromatic N) is 1. The van der Waals surface area contributed by atoms with E-state index in [0.717, 1.165) is 9.88 Å². The molecule has 1 heterocycles. The minimum absolute atomic E-state index is 0.110. The maximum atomic E-state index is 9.63. The Kier molecular flexibility index (Phi) is 2.96. The lowest BCUT2D eigenvalue weighted by molar-refractivity contribution is 0.203. The van der Waals surface area contributed by atoms with Crippen LogP contribution in [0.2, 0.25) is 0 Å². The number of aliphatic hydroxyl groups is 1. The van der Waals surface area contributed by atoms with Gasteiger partial charge in [0.15, 0.2) is 0 Å². The molecule has 1 N–H and O–H groups in total. The molecule has 1 aromatic heterocycles. The number of aliphatic hydroxyl groups excluding tert-OH is 1. The van der Waals surface area contributed by atoms with Crippen molar-refractivity contribution >= 4 is 11.3 Å². The molecule has 1 saturated carbocycles. The van der Waals surface area contributed by atoms with E-state index in [9.17, 15) is 5.11 Å². The number of rotatable bonds is 3. The summed E-state index contributed by atoms with van der Waals surface area (Å²) in [7, 11) is 0. The maximum absolute atomic E-state index is 9.63. The minimum Gasteiger partial charge on any atom is -0.388 e. The number of hydrogen-bond donors (Lipinski definition) is 1. The molecule has 1 atom stereocenters. The van der Waals surface area contributed by atoms with Gasteiger partial charge in [0.25, 0.3) is 0 Å². The van der Waals surface area contributed by atoms with Gasteiger partial charge in [0, 0.05) is 11.6 Å². The zero-order valence-electron chi connectivity index (χ0n) is 10.5. The van der Waals surface area contributed by atoms with Crippen LogP contribution in [0.4, 0.5) is 0 Å². The van der Waals surface area contributed by atoms with Crippen molar-refractivity contribution in [3.8, 4) is 0 Å². The van der Waals surface area contributed by atoms with Crippen LogP contribution in [-0.4, -0.2) is 10.1 Å². The van der Waals surface area contributed by atoms with Gasteiger partial charge in [0.2, 0.25) is 0 Å². The molecule has 0 radical (unpaired) electrons. The second-order valence-electron chi connectivity index (χ2n) is 5.05. The number of benzene rings is 1. The molecular formula is C15H17NOS. The topological polar surface area (TPSA) is 33.1 Å². The highest BCUT2D eigenvalue weighted by Crippen LogP contribution is 2.50. The Balaban J connectivity index is 2.01. The molecule has 0 aliphatic heterocycles. The van der Waals surface area contributed by atoms with Crippen LogP contribution >= 0.6 is 11.3 Å². The van der Waals surface area contributed by atoms with Crippen LogP contribution in [0.25, 0.3) is 0 Å². The molecule has 2 nitrogen and oxygen atoms in total. The number of aromatic nitrogens is 1. The summed E-state index contributed by atoms with van der Waals surface area (Å²) >= 11 is 1.66. The molecule has 0 spiro atoms. The molecule has 3 rings (SSSR count). The molecule has 1 unspecified atom stereocenters. The summed E-state index contributed by atoms with van der Waals surface area (Å²) in [6.07, 6.45) is 5.02. The predicted octanol–water partition coefficient (Wildman–Crippen LogP) is 3.67.